The highest BCUT2D eigenvalue weighted by molar-refractivity contribution is 5.98. The molecule has 0 aliphatic rings. The number of carboxylic acids is 1. The summed E-state index contributed by atoms with van der Waals surface area (Å²) in [5.74, 6) is -2.04. The molecule has 0 heterocycles. The third-order valence-corrected chi connectivity index (χ3v) is 3.64. The van der Waals surface area contributed by atoms with Crippen molar-refractivity contribution in [2.75, 3.05) is 13.1 Å². The summed E-state index contributed by atoms with van der Waals surface area (Å²) < 4.78 is 5.24. The number of carbonyl (C=O) groups excluding carboxylic acids is 2. The molecule has 0 aromatic heterocycles. The lowest BCUT2D eigenvalue weighted by molar-refractivity contribution is -0.150. The Morgan fingerprint density at radius 3 is 1.92 bits per heavy atom. The number of hydrogen-bond acceptors (Lipinski definition) is 7. The summed E-state index contributed by atoms with van der Waals surface area (Å²) in [6, 6.07) is -2.34. The number of hydrogen-bond donors (Lipinski definition) is 4. The van der Waals surface area contributed by atoms with Gasteiger partial charge in [-0.3, -0.25) is 4.79 Å². The van der Waals surface area contributed by atoms with Gasteiger partial charge in [0.25, 0.3) is 0 Å². The number of unbranched alkanes of at least 4 members (excludes halogenated alkanes) is 2. The van der Waals surface area contributed by atoms with Gasteiger partial charge < -0.3 is 27.0 Å². The van der Waals surface area contributed by atoms with Crippen molar-refractivity contribution >= 4 is 18.0 Å². The largest absolute Gasteiger partial charge is 0.480 e. The molecule has 26 heavy (non-hydrogen) atoms. The standard InChI is InChI=1S/C17H34N4O5/c1-17(2,3)26-16(25)21(13(15(23)24)9-5-7-11-19)14(22)12(20)8-4-6-10-18/h12-13H,4-11,18-20H2,1-3H3,(H,23,24)/t12-,13-/m0/s1. The fourth-order valence-electron chi connectivity index (χ4n) is 2.34. The number of nitrogens with two attached hydrogens (primary N) is 3. The molecule has 0 rings (SSSR count). The Bertz CT molecular complexity index is 465. The van der Waals surface area contributed by atoms with Crippen molar-refractivity contribution in [1.29, 1.82) is 0 Å². The lowest BCUT2D eigenvalue weighted by Crippen LogP contribution is -2.55. The van der Waals surface area contributed by atoms with E-state index >= 15 is 0 Å². The predicted octanol–water partition coefficient (Wildman–Crippen LogP) is 0.789. The zero-order chi connectivity index (χ0) is 20.3. The van der Waals surface area contributed by atoms with Gasteiger partial charge in [-0.25, -0.2) is 14.5 Å². The van der Waals surface area contributed by atoms with Gasteiger partial charge in [0.2, 0.25) is 5.91 Å². The highest BCUT2D eigenvalue weighted by atomic mass is 16.6. The van der Waals surface area contributed by atoms with Gasteiger partial charge in [0.1, 0.15) is 11.6 Å². The van der Waals surface area contributed by atoms with Crippen molar-refractivity contribution < 1.29 is 24.2 Å². The van der Waals surface area contributed by atoms with Crippen LogP contribution in [0.2, 0.25) is 0 Å². The van der Waals surface area contributed by atoms with E-state index in [9.17, 15) is 19.5 Å². The minimum atomic E-state index is -1.34. The summed E-state index contributed by atoms with van der Waals surface area (Å²) in [4.78, 5) is 37.6. The molecule has 9 heteroatoms. The van der Waals surface area contributed by atoms with E-state index in [4.69, 9.17) is 21.9 Å². The number of amides is 2. The van der Waals surface area contributed by atoms with E-state index in [1.807, 2.05) is 0 Å². The van der Waals surface area contributed by atoms with Gasteiger partial charge in [0.05, 0.1) is 6.04 Å². The minimum Gasteiger partial charge on any atom is -0.480 e. The normalized spacial score (nSPS) is 13.8. The molecule has 0 aliphatic heterocycles. The molecule has 152 valence electrons. The zero-order valence-electron chi connectivity index (χ0n) is 16.1. The van der Waals surface area contributed by atoms with Gasteiger partial charge >= 0.3 is 12.1 Å². The van der Waals surface area contributed by atoms with Crippen LogP contribution < -0.4 is 17.2 Å². The van der Waals surface area contributed by atoms with Gasteiger partial charge in [0, 0.05) is 0 Å². The summed E-state index contributed by atoms with van der Waals surface area (Å²) in [5.41, 5.74) is 15.9. The van der Waals surface area contributed by atoms with E-state index in [1.54, 1.807) is 20.8 Å². The molecule has 0 spiro atoms. The van der Waals surface area contributed by atoms with E-state index in [1.165, 1.54) is 0 Å². The molecule has 0 radical (unpaired) electrons. The Balaban J connectivity index is 5.44. The van der Waals surface area contributed by atoms with Crippen molar-refractivity contribution in [2.24, 2.45) is 17.2 Å². The van der Waals surface area contributed by atoms with Gasteiger partial charge in [-0.05, 0) is 66.0 Å². The summed E-state index contributed by atoms with van der Waals surface area (Å²) in [5, 5.41) is 9.54. The number of imide groups is 1. The van der Waals surface area contributed by atoms with E-state index < -0.39 is 35.7 Å². The molecule has 0 fully saturated rings. The first-order valence-corrected chi connectivity index (χ1v) is 8.99. The number of ether oxygens (including phenoxy) is 1. The molecule has 0 bridgehead atoms. The summed E-state index contributed by atoms with van der Waals surface area (Å²) >= 11 is 0. The van der Waals surface area contributed by atoms with Crippen LogP contribution in [0.15, 0.2) is 0 Å². The van der Waals surface area contributed by atoms with E-state index in [0.717, 1.165) is 0 Å². The van der Waals surface area contributed by atoms with Crippen LogP contribution in [0.3, 0.4) is 0 Å². The average molecular weight is 374 g/mol. The fraction of sp³-hybridized carbons (Fsp3) is 0.824. The van der Waals surface area contributed by atoms with E-state index in [2.05, 4.69) is 0 Å². The monoisotopic (exact) mass is 374 g/mol. The third-order valence-electron chi connectivity index (χ3n) is 3.64. The van der Waals surface area contributed by atoms with E-state index in [-0.39, 0.29) is 6.42 Å². The summed E-state index contributed by atoms with van der Waals surface area (Å²) in [7, 11) is 0. The van der Waals surface area contributed by atoms with Crippen LogP contribution in [0.4, 0.5) is 4.79 Å². The number of rotatable bonds is 11. The van der Waals surface area contributed by atoms with Gasteiger partial charge in [0.15, 0.2) is 0 Å². The van der Waals surface area contributed by atoms with Crippen LogP contribution in [0.1, 0.15) is 59.3 Å². The second-order valence-electron chi connectivity index (χ2n) is 7.22. The minimum absolute atomic E-state index is 0.0903. The Morgan fingerprint density at radius 1 is 1.00 bits per heavy atom. The smallest absolute Gasteiger partial charge is 0.417 e. The maximum Gasteiger partial charge on any atom is 0.417 e. The molecule has 0 saturated heterocycles. The number of carboxylic acid groups (broad SMARTS) is 1. The predicted molar refractivity (Wildman–Crippen MR) is 98.3 cm³/mol. The molecular formula is C17H34N4O5. The summed E-state index contributed by atoms with van der Waals surface area (Å²) in [6.45, 7) is 5.77. The van der Waals surface area contributed by atoms with Crippen LogP contribution in [-0.4, -0.2) is 58.8 Å². The Hall–Kier alpha value is -1.71. The third kappa shape index (κ3) is 9.12. The first kappa shape index (κ1) is 24.3. The number of nitrogens with zero attached hydrogens (tertiary/aromatic N) is 1. The SMILES string of the molecule is CC(C)(C)OC(=O)N(C(=O)[C@@H](N)CCCCN)[C@@H](CCCCN)C(=O)O. The van der Waals surface area contributed by atoms with E-state index in [0.29, 0.717) is 50.1 Å². The van der Waals surface area contributed by atoms with Gasteiger partial charge in [-0.2, -0.15) is 0 Å². The first-order chi connectivity index (χ1) is 12.0. The summed E-state index contributed by atoms with van der Waals surface area (Å²) in [6.07, 6.45) is 1.74. The van der Waals surface area contributed by atoms with Crippen molar-refractivity contribution in [1.82, 2.24) is 4.90 Å². The van der Waals surface area contributed by atoms with Gasteiger partial charge in [-0.1, -0.05) is 6.42 Å². The lowest BCUT2D eigenvalue weighted by Gasteiger charge is -2.31. The Kier molecular flexibility index (Phi) is 11.0. The van der Waals surface area contributed by atoms with Crippen molar-refractivity contribution in [3.8, 4) is 0 Å². The maximum atomic E-state index is 12.7. The Morgan fingerprint density at radius 2 is 1.50 bits per heavy atom. The highest BCUT2D eigenvalue weighted by Gasteiger charge is 2.39. The molecule has 2 atom stereocenters. The second kappa shape index (κ2) is 11.8. The fourth-order valence-corrected chi connectivity index (χ4v) is 2.34. The molecule has 0 aromatic rings. The average Bonchev–Trinajstić information content (AvgIpc) is 2.51. The van der Waals surface area contributed by atoms with Crippen LogP contribution >= 0.6 is 0 Å². The number of aliphatic carboxylic acids is 1. The van der Waals surface area contributed by atoms with Gasteiger partial charge in [-0.15, -0.1) is 0 Å². The molecule has 0 aliphatic carbocycles. The molecule has 0 unspecified atom stereocenters. The lowest BCUT2D eigenvalue weighted by atomic mass is 10.0. The maximum absolute atomic E-state index is 12.7. The Labute approximate surface area is 155 Å². The van der Waals surface area contributed by atoms with Crippen molar-refractivity contribution in [3.05, 3.63) is 0 Å². The van der Waals surface area contributed by atoms with Crippen LogP contribution in [-0.2, 0) is 14.3 Å². The quantitative estimate of drug-likeness (QED) is 0.386. The molecular weight excluding hydrogens is 340 g/mol. The molecule has 2 amide bonds. The number of carbonyl (C=O) groups is 3. The zero-order valence-corrected chi connectivity index (χ0v) is 16.1. The molecule has 0 saturated carbocycles. The topological polar surface area (TPSA) is 162 Å². The second-order valence-corrected chi connectivity index (χ2v) is 7.22. The van der Waals surface area contributed by atoms with Crippen molar-refractivity contribution in [3.63, 3.8) is 0 Å². The first-order valence-electron chi connectivity index (χ1n) is 8.99. The van der Waals surface area contributed by atoms with Crippen LogP contribution in [0.25, 0.3) is 0 Å². The van der Waals surface area contributed by atoms with Crippen molar-refractivity contribution in [2.45, 2.75) is 77.0 Å². The van der Waals surface area contributed by atoms with Crippen LogP contribution in [0.5, 0.6) is 0 Å². The van der Waals surface area contributed by atoms with Crippen LogP contribution in [0, 0.1) is 0 Å². The highest BCUT2D eigenvalue weighted by Crippen LogP contribution is 2.18. The molecule has 0 aromatic carbocycles. The molecule has 7 N–H and O–H groups in total. The molecule has 9 nitrogen and oxygen atoms in total.